The van der Waals surface area contributed by atoms with Crippen LogP contribution in [0, 0.1) is 17.0 Å². The van der Waals surface area contributed by atoms with Crippen molar-refractivity contribution in [3.8, 4) is 0 Å². The highest BCUT2D eigenvalue weighted by molar-refractivity contribution is 6.31. The minimum absolute atomic E-state index is 0.0364. The summed E-state index contributed by atoms with van der Waals surface area (Å²) in [5, 5.41) is 3.25. The van der Waals surface area contributed by atoms with Crippen LogP contribution in [0.5, 0.6) is 0 Å². The Kier molecular flexibility index (Phi) is 8.33. The molecule has 1 aliphatic carbocycles. The predicted octanol–water partition coefficient (Wildman–Crippen LogP) is 6.60. The summed E-state index contributed by atoms with van der Waals surface area (Å²) in [4.78, 5) is 31.0. The molecule has 3 aromatic carbocycles. The second-order valence-corrected chi connectivity index (χ2v) is 12.6. The van der Waals surface area contributed by atoms with E-state index >= 15 is 0 Å². The molecule has 0 bridgehead atoms. The normalized spacial score (nSPS) is 19.7. The SMILES string of the molecule is O=C(NC1CCc2ccc(C(=O)N3CCC4(CCN(CCCc5ccc(F)cc5)CC4)C3)cc21)c1cc(Cl)ccc1F. The van der Waals surface area contributed by atoms with Crippen LogP contribution in [0.4, 0.5) is 8.78 Å². The van der Waals surface area contributed by atoms with E-state index in [2.05, 4.69) is 10.2 Å². The molecule has 3 aromatic rings. The van der Waals surface area contributed by atoms with Crippen LogP contribution in [-0.4, -0.2) is 54.3 Å². The van der Waals surface area contributed by atoms with Crippen LogP contribution in [0.15, 0.2) is 60.7 Å². The standard InChI is InChI=1S/C34H36ClF2N3O2/c35-26-8-11-30(37)29(21-26)32(41)38-31-12-7-24-5-6-25(20-28(24)31)33(42)40-19-15-34(22-40)13-17-39(18-14-34)16-1-2-23-3-9-27(36)10-4-23/h3-6,8-11,20-21,31H,1-2,7,12-19,22H2,(H,38,41). The second kappa shape index (κ2) is 12.1. The summed E-state index contributed by atoms with van der Waals surface area (Å²) in [7, 11) is 0. The zero-order valence-corrected chi connectivity index (χ0v) is 24.4. The fraction of sp³-hybridized carbons (Fsp3) is 0.412. The Morgan fingerprint density at radius 1 is 0.952 bits per heavy atom. The molecule has 42 heavy (non-hydrogen) atoms. The molecule has 2 fully saturated rings. The monoisotopic (exact) mass is 591 g/mol. The van der Waals surface area contributed by atoms with Crippen LogP contribution >= 0.6 is 11.6 Å². The van der Waals surface area contributed by atoms with Gasteiger partial charge in [-0.2, -0.15) is 0 Å². The van der Waals surface area contributed by atoms with Crippen LogP contribution in [0.1, 0.15) is 75.6 Å². The summed E-state index contributed by atoms with van der Waals surface area (Å²) >= 11 is 5.98. The second-order valence-electron chi connectivity index (χ2n) is 12.2. The molecule has 2 amide bonds. The highest BCUT2D eigenvalue weighted by Crippen LogP contribution is 2.41. The quantitative estimate of drug-likeness (QED) is 0.337. The molecule has 0 radical (unpaired) electrons. The first-order valence-corrected chi connectivity index (χ1v) is 15.3. The maximum atomic E-state index is 14.3. The van der Waals surface area contributed by atoms with Crippen molar-refractivity contribution in [2.75, 3.05) is 32.7 Å². The lowest BCUT2D eigenvalue weighted by Crippen LogP contribution is -2.42. The topological polar surface area (TPSA) is 52.7 Å². The molecule has 1 atom stereocenters. The van der Waals surface area contributed by atoms with Crippen LogP contribution < -0.4 is 5.32 Å². The Balaban J connectivity index is 1.03. The first-order valence-electron chi connectivity index (χ1n) is 14.9. The van der Waals surface area contributed by atoms with E-state index in [0.717, 1.165) is 82.4 Å². The van der Waals surface area contributed by atoms with Crippen LogP contribution in [0.25, 0.3) is 0 Å². The van der Waals surface area contributed by atoms with E-state index in [4.69, 9.17) is 11.6 Å². The van der Waals surface area contributed by atoms with Crippen molar-refractivity contribution in [3.63, 3.8) is 0 Å². The first-order chi connectivity index (χ1) is 20.3. The molecular weight excluding hydrogens is 556 g/mol. The number of carbonyl (C=O) groups excluding carboxylic acids is 2. The summed E-state index contributed by atoms with van der Waals surface area (Å²) in [5.41, 5.74) is 3.94. The molecule has 220 valence electrons. The summed E-state index contributed by atoms with van der Waals surface area (Å²) in [6, 6.07) is 16.3. The van der Waals surface area contributed by atoms with Crippen LogP contribution in [-0.2, 0) is 12.8 Å². The first kappa shape index (κ1) is 28.8. The predicted molar refractivity (Wildman–Crippen MR) is 160 cm³/mol. The van der Waals surface area contributed by atoms with Gasteiger partial charge in [-0.3, -0.25) is 9.59 Å². The molecule has 0 saturated carbocycles. The van der Waals surface area contributed by atoms with Gasteiger partial charge in [0.2, 0.25) is 0 Å². The minimum atomic E-state index is -0.613. The van der Waals surface area contributed by atoms with Gasteiger partial charge in [0.05, 0.1) is 11.6 Å². The lowest BCUT2D eigenvalue weighted by molar-refractivity contribution is 0.0719. The third kappa shape index (κ3) is 6.23. The van der Waals surface area contributed by atoms with Gasteiger partial charge in [-0.25, -0.2) is 8.78 Å². The number of fused-ring (bicyclic) bond motifs is 1. The smallest absolute Gasteiger partial charge is 0.254 e. The van der Waals surface area contributed by atoms with Crippen molar-refractivity contribution >= 4 is 23.4 Å². The number of likely N-dealkylation sites (tertiary alicyclic amines) is 2. The van der Waals surface area contributed by atoms with Crippen molar-refractivity contribution in [1.82, 2.24) is 15.1 Å². The Bertz CT molecular complexity index is 1470. The van der Waals surface area contributed by atoms with Crippen molar-refractivity contribution in [1.29, 1.82) is 0 Å². The van der Waals surface area contributed by atoms with Crippen LogP contribution in [0.3, 0.4) is 0 Å². The number of piperidine rings is 1. The van der Waals surface area contributed by atoms with E-state index < -0.39 is 11.7 Å². The molecule has 1 spiro atoms. The van der Waals surface area contributed by atoms with Gasteiger partial charge < -0.3 is 15.1 Å². The van der Waals surface area contributed by atoms with E-state index in [1.165, 1.54) is 35.9 Å². The van der Waals surface area contributed by atoms with Gasteiger partial charge in [-0.15, -0.1) is 0 Å². The lowest BCUT2D eigenvalue weighted by Gasteiger charge is -2.39. The molecule has 5 nitrogen and oxygen atoms in total. The summed E-state index contributed by atoms with van der Waals surface area (Å²) in [5.74, 6) is -1.28. The van der Waals surface area contributed by atoms with Gasteiger partial charge in [-0.1, -0.05) is 29.8 Å². The van der Waals surface area contributed by atoms with Crippen molar-refractivity contribution < 1.29 is 18.4 Å². The number of rotatable bonds is 7. The van der Waals surface area contributed by atoms with Crippen molar-refractivity contribution in [2.45, 2.75) is 51.0 Å². The van der Waals surface area contributed by atoms with Gasteiger partial charge in [0, 0.05) is 23.7 Å². The number of hydrogen-bond acceptors (Lipinski definition) is 3. The fourth-order valence-electron chi connectivity index (χ4n) is 6.90. The summed E-state index contributed by atoms with van der Waals surface area (Å²) in [6.07, 6.45) is 6.70. The molecule has 1 N–H and O–H groups in total. The zero-order chi connectivity index (χ0) is 29.3. The molecular formula is C34H36ClF2N3O2. The number of hydrogen-bond donors (Lipinski definition) is 1. The number of amides is 2. The van der Waals surface area contributed by atoms with Crippen molar-refractivity contribution in [3.05, 3.63) is 105 Å². The molecule has 2 heterocycles. The van der Waals surface area contributed by atoms with Gasteiger partial charge >= 0.3 is 0 Å². The summed E-state index contributed by atoms with van der Waals surface area (Å²) < 4.78 is 27.4. The largest absolute Gasteiger partial charge is 0.345 e. The van der Waals surface area contributed by atoms with E-state index in [9.17, 15) is 18.4 Å². The number of carbonyl (C=O) groups is 2. The van der Waals surface area contributed by atoms with Crippen LogP contribution in [0.2, 0.25) is 5.02 Å². The van der Waals surface area contributed by atoms with Gasteiger partial charge in [0.25, 0.3) is 11.8 Å². The van der Waals surface area contributed by atoms with Crippen molar-refractivity contribution in [2.24, 2.45) is 5.41 Å². The van der Waals surface area contributed by atoms with Gasteiger partial charge in [-0.05, 0) is 129 Å². The van der Waals surface area contributed by atoms with E-state index in [-0.39, 0.29) is 28.7 Å². The zero-order valence-electron chi connectivity index (χ0n) is 23.7. The third-order valence-electron chi connectivity index (χ3n) is 9.44. The Labute approximate surface area is 250 Å². The maximum absolute atomic E-state index is 14.3. The average Bonchev–Trinajstić information content (AvgIpc) is 3.60. The number of nitrogens with one attached hydrogen (secondary N) is 1. The average molecular weight is 592 g/mol. The number of aryl methyl sites for hydroxylation is 2. The molecule has 2 aliphatic heterocycles. The van der Waals surface area contributed by atoms with E-state index in [0.29, 0.717) is 17.0 Å². The maximum Gasteiger partial charge on any atom is 0.254 e. The fourth-order valence-corrected chi connectivity index (χ4v) is 7.07. The summed E-state index contributed by atoms with van der Waals surface area (Å²) in [6.45, 7) is 4.65. The van der Waals surface area contributed by atoms with Gasteiger partial charge in [0.15, 0.2) is 0 Å². The molecule has 0 aromatic heterocycles. The minimum Gasteiger partial charge on any atom is -0.345 e. The highest BCUT2D eigenvalue weighted by atomic mass is 35.5. The molecule has 8 heteroatoms. The van der Waals surface area contributed by atoms with E-state index in [1.807, 2.05) is 35.2 Å². The highest BCUT2D eigenvalue weighted by Gasteiger charge is 2.42. The number of halogens is 3. The van der Waals surface area contributed by atoms with E-state index in [1.54, 1.807) is 0 Å². The third-order valence-corrected chi connectivity index (χ3v) is 9.68. The van der Waals surface area contributed by atoms with Gasteiger partial charge in [0.1, 0.15) is 11.6 Å². The Morgan fingerprint density at radius 3 is 2.50 bits per heavy atom. The molecule has 1 unspecified atom stereocenters. The Hall–Kier alpha value is -3.29. The lowest BCUT2D eigenvalue weighted by atomic mass is 9.77. The number of nitrogens with zero attached hydrogens (tertiary/aromatic N) is 2. The molecule has 2 saturated heterocycles. The Morgan fingerprint density at radius 2 is 1.71 bits per heavy atom. The number of benzene rings is 3. The molecule has 6 rings (SSSR count). The molecule has 3 aliphatic rings.